The number of benzene rings is 2. The van der Waals surface area contributed by atoms with Crippen LogP contribution in [0, 0.1) is 5.41 Å². The SMILES string of the molecule is C=Cc1ccccc1-c1nc(NS(=O)c2cccc(N)n2)sc1-c1cccc(OCCC(C)(C)C)c1. The number of nitrogens with two attached hydrogens (primary N) is 1. The van der Waals surface area contributed by atoms with Gasteiger partial charge in [0.15, 0.2) is 21.1 Å². The van der Waals surface area contributed by atoms with E-state index in [4.69, 9.17) is 15.5 Å². The lowest BCUT2D eigenvalue weighted by Crippen LogP contribution is -2.11. The molecule has 0 aliphatic rings. The molecule has 0 aliphatic carbocycles. The topological polar surface area (TPSA) is 90.1 Å². The zero-order valence-electron chi connectivity index (χ0n) is 20.7. The molecule has 6 nitrogen and oxygen atoms in total. The predicted octanol–water partition coefficient (Wildman–Crippen LogP) is 7.05. The highest BCUT2D eigenvalue weighted by molar-refractivity contribution is 7.86. The van der Waals surface area contributed by atoms with Gasteiger partial charge >= 0.3 is 0 Å². The molecule has 186 valence electrons. The van der Waals surface area contributed by atoms with Crippen molar-refractivity contribution in [3.8, 4) is 27.4 Å². The van der Waals surface area contributed by atoms with Gasteiger partial charge in [-0.3, -0.25) is 4.72 Å². The summed E-state index contributed by atoms with van der Waals surface area (Å²) in [5.41, 5.74) is 9.62. The lowest BCUT2D eigenvalue weighted by atomic mass is 9.93. The number of ether oxygens (including phenoxy) is 1. The summed E-state index contributed by atoms with van der Waals surface area (Å²) in [6, 6.07) is 21.0. The molecule has 0 amide bonds. The van der Waals surface area contributed by atoms with E-state index in [1.807, 2.05) is 54.6 Å². The summed E-state index contributed by atoms with van der Waals surface area (Å²) >= 11 is 1.43. The van der Waals surface area contributed by atoms with E-state index in [-0.39, 0.29) is 5.41 Å². The number of rotatable bonds is 9. The van der Waals surface area contributed by atoms with Gasteiger partial charge in [-0.1, -0.05) is 87.2 Å². The largest absolute Gasteiger partial charge is 0.494 e. The number of pyridine rings is 1. The molecule has 36 heavy (non-hydrogen) atoms. The molecule has 0 aliphatic heterocycles. The minimum absolute atomic E-state index is 0.200. The zero-order valence-corrected chi connectivity index (χ0v) is 22.3. The highest BCUT2D eigenvalue weighted by atomic mass is 32.2. The van der Waals surface area contributed by atoms with Gasteiger partial charge < -0.3 is 10.5 Å². The number of nitrogens with one attached hydrogen (secondary N) is 1. The monoisotopic (exact) mass is 518 g/mol. The second kappa shape index (κ2) is 11.1. The third-order valence-corrected chi connectivity index (χ3v) is 7.53. The first-order valence-electron chi connectivity index (χ1n) is 11.6. The smallest absolute Gasteiger partial charge is 0.196 e. The minimum Gasteiger partial charge on any atom is -0.494 e. The number of hydrogen-bond acceptors (Lipinski definition) is 6. The lowest BCUT2D eigenvalue weighted by molar-refractivity contribution is 0.243. The van der Waals surface area contributed by atoms with Crippen LogP contribution in [0.25, 0.3) is 27.8 Å². The number of nitrogen functional groups attached to an aromatic ring is 1. The Morgan fingerprint density at radius 2 is 1.86 bits per heavy atom. The molecule has 3 N–H and O–H groups in total. The predicted molar refractivity (Wildman–Crippen MR) is 151 cm³/mol. The van der Waals surface area contributed by atoms with E-state index in [0.717, 1.165) is 39.4 Å². The Morgan fingerprint density at radius 3 is 2.61 bits per heavy atom. The van der Waals surface area contributed by atoms with E-state index < -0.39 is 11.0 Å². The molecule has 2 aromatic carbocycles. The molecule has 0 saturated carbocycles. The molecule has 4 rings (SSSR count). The van der Waals surface area contributed by atoms with Crippen LogP contribution in [0.5, 0.6) is 5.75 Å². The van der Waals surface area contributed by atoms with Crippen LogP contribution in [0.1, 0.15) is 32.8 Å². The summed E-state index contributed by atoms with van der Waals surface area (Å²) in [7, 11) is -1.61. The number of anilines is 2. The van der Waals surface area contributed by atoms with Gasteiger partial charge in [0.1, 0.15) is 11.6 Å². The average molecular weight is 519 g/mol. The first kappa shape index (κ1) is 25.6. The second-order valence-corrected chi connectivity index (χ2v) is 11.6. The molecule has 8 heteroatoms. The minimum atomic E-state index is -1.61. The summed E-state index contributed by atoms with van der Waals surface area (Å²) in [4.78, 5) is 9.94. The lowest BCUT2D eigenvalue weighted by Gasteiger charge is -2.18. The van der Waals surface area contributed by atoms with Crippen molar-refractivity contribution in [2.75, 3.05) is 17.1 Å². The second-order valence-electron chi connectivity index (χ2n) is 9.45. The van der Waals surface area contributed by atoms with Crippen LogP contribution in [0.2, 0.25) is 0 Å². The van der Waals surface area contributed by atoms with Crippen LogP contribution >= 0.6 is 11.3 Å². The summed E-state index contributed by atoms with van der Waals surface area (Å²) in [5, 5.41) is 0.856. The summed E-state index contributed by atoms with van der Waals surface area (Å²) < 4.78 is 22.0. The molecule has 0 spiro atoms. The van der Waals surface area contributed by atoms with Crippen molar-refractivity contribution in [1.29, 1.82) is 0 Å². The molecular weight excluding hydrogens is 488 g/mol. The molecule has 4 aromatic rings. The third kappa shape index (κ3) is 6.38. The average Bonchev–Trinajstić information content (AvgIpc) is 3.27. The standard InChI is InChI=1S/C28H30N4O2S2/c1-5-19-10-6-7-13-22(19)25-26(20-11-8-12-21(18-20)34-17-16-28(2,3)4)35-27(31-25)32-36(33)24-15-9-14-23(29)30-24/h5-15,18H,1,16-17H2,2-4H3,(H2,29,30)(H,31,32). The Balaban J connectivity index is 1.71. The first-order chi connectivity index (χ1) is 17.2. The molecule has 1 unspecified atom stereocenters. The van der Waals surface area contributed by atoms with Crippen LogP contribution in [0.3, 0.4) is 0 Å². The van der Waals surface area contributed by atoms with Gasteiger partial charge in [-0.25, -0.2) is 14.2 Å². The molecule has 0 bridgehead atoms. The van der Waals surface area contributed by atoms with E-state index in [9.17, 15) is 4.21 Å². The van der Waals surface area contributed by atoms with Crippen LogP contribution in [-0.4, -0.2) is 20.8 Å². The zero-order chi connectivity index (χ0) is 25.7. The molecule has 0 saturated heterocycles. The fourth-order valence-corrected chi connectivity index (χ4v) is 5.42. The van der Waals surface area contributed by atoms with Crippen molar-refractivity contribution >= 4 is 39.3 Å². The maximum absolute atomic E-state index is 12.9. The van der Waals surface area contributed by atoms with Crippen LogP contribution in [-0.2, 0) is 11.0 Å². The Morgan fingerprint density at radius 1 is 1.08 bits per heavy atom. The van der Waals surface area contributed by atoms with Crippen molar-refractivity contribution < 1.29 is 8.95 Å². The molecular formula is C28H30N4O2S2. The van der Waals surface area contributed by atoms with E-state index in [1.165, 1.54) is 11.3 Å². The maximum atomic E-state index is 12.9. The van der Waals surface area contributed by atoms with Crippen molar-refractivity contribution in [2.45, 2.75) is 32.2 Å². The van der Waals surface area contributed by atoms with Gasteiger partial charge in [-0.05, 0) is 47.2 Å². The Labute approximate surface area is 218 Å². The number of hydrogen-bond donors (Lipinski definition) is 2. The van der Waals surface area contributed by atoms with E-state index >= 15 is 0 Å². The van der Waals surface area contributed by atoms with Gasteiger partial charge in [0.25, 0.3) is 0 Å². The summed E-state index contributed by atoms with van der Waals surface area (Å²) in [6.45, 7) is 11.2. The maximum Gasteiger partial charge on any atom is 0.196 e. The van der Waals surface area contributed by atoms with Gasteiger partial charge in [-0.15, -0.1) is 0 Å². The molecule has 1 atom stereocenters. The van der Waals surface area contributed by atoms with Crippen molar-refractivity contribution in [3.63, 3.8) is 0 Å². The Kier molecular flexibility index (Phi) is 7.86. The number of nitrogens with zero attached hydrogens (tertiary/aromatic N) is 2. The Hall–Kier alpha value is -3.49. The third-order valence-electron chi connectivity index (χ3n) is 5.40. The van der Waals surface area contributed by atoms with Gasteiger partial charge in [0.2, 0.25) is 0 Å². The Bertz CT molecular complexity index is 1390. The molecule has 0 fully saturated rings. The van der Waals surface area contributed by atoms with Crippen LogP contribution < -0.4 is 15.2 Å². The van der Waals surface area contributed by atoms with Gasteiger partial charge in [0.05, 0.1) is 17.2 Å². The van der Waals surface area contributed by atoms with Gasteiger partial charge in [-0.2, -0.15) is 0 Å². The fourth-order valence-electron chi connectivity index (χ4n) is 3.50. The summed E-state index contributed by atoms with van der Waals surface area (Å²) in [5.74, 6) is 1.11. The number of aromatic nitrogens is 2. The molecule has 2 heterocycles. The van der Waals surface area contributed by atoms with E-state index in [2.05, 4.69) is 37.1 Å². The van der Waals surface area contributed by atoms with E-state index in [0.29, 0.717) is 22.6 Å². The quantitative estimate of drug-likeness (QED) is 0.248. The first-order valence-corrected chi connectivity index (χ1v) is 13.6. The highest BCUT2D eigenvalue weighted by Gasteiger charge is 2.19. The highest BCUT2D eigenvalue weighted by Crippen LogP contribution is 2.41. The van der Waals surface area contributed by atoms with Crippen molar-refractivity contribution in [1.82, 2.24) is 9.97 Å². The number of thiazole rings is 1. The van der Waals surface area contributed by atoms with Gasteiger partial charge in [0, 0.05) is 5.56 Å². The fraction of sp³-hybridized carbons (Fsp3) is 0.214. The van der Waals surface area contributed by atoms with Crippen molar-refractivity contribution in [2.24, 2.45) is 5.41 Å². The van der Waals surface area contributed by atoms with Crippen LogP contribution in [0.15, 0.2) is 78.3 Å². The normalized spacial score (nSPS) is 12.2. The van der Waals surface area contributed by atoms with E-state index in [1.54, 1.807) is 18.2 Å². The molecule has 0 radical (unpaired) electrons. The van der Waals surface area contributed by atoms with Crippen LogP contribution in [0.4, 0.5) is 10.9 Å². The van der Waals surface area contributed by atoms with Crippen molar-refractivity contribution in [3.05, 3.63) is 78.9 Å². The molecule has 2 aromatic heterocycles. The summed E-state index contributed by atoms with van der Waals surface area (Å²) in [6.07, 6.45) is 2.76.